The molecule has 0 radical (unpaired) electrons. The van der Waals surface area contributed by atoms with E-state index in [4.69, 9.17) is 5.11 Å². The molecule has 1 N–H and O–H groups in total. The molecule has 0 spiro atoms. The molecule has 1 nitrogen and oxygen atoms in total. The first-order valence-corrected chi connectivity index (χ1v) is 3.39. The van der Waals surface area contributed by atoms with E-state index in [9.17, 15) is 4.39 Å². The molecule has 0 unspecified atom stereocenters. The highest BCUT2D eigenvalue weighted by atomic mass is 19.1. The second-order valence-electron chi connectivity index (χ2n) is 2.15. The van der Waals surface area contributed by atoms with Crippen LogP contribution in [0, 0.1) is 5.92 Å². The molecule has 58 valence electrons. The van der Waals surface area contributed by atoms with Gasteiger partial charge < -0.3 is 5.11 Å². The Bertz CT molecular complexity index is 35.9. The highest BCUT2D eigenvalue weighted by molar-refractivity contribution is 4.42. The van der Waals surface area contributed by atoms with Crippen molar-refractivity contribution in [2.24, 2.45) is 5.92 Å². The SMILES string of the molecule is CCC.C[C@@H](CO)CF. The van der Waals surface area contributed by atoms with E-state index in [1.807, 2.05) is 0 Å². The van der Waals surface area contributed by atoms with Crippen molar-refractivity contribution in [2.45, 2.75) is 27.2 Å². The van der Waals surface area contributed by atoms with E-state index in [1.165, 1.54) is 6.42 Å². The van der Waals surface area contributed by atoms with Crippen LogP contribution < -0.4 is 0 Å². The number of aliphatic hydroxyl groups excluding tert-OH is 1. The van der Waals surface area contributed by atoms with E-state index < -0.39 is 6.67 Å². The predicted molar refractivity (Wildman–Crippen MR) is 38.2 cm³/mol. The van der Waals surface area contributed by atoms with Crippen molar-refractivity contribution in [2.75, 3.05) is 13.3 Å². The molecule has 1 atom stereocenters. The topological polar surface area (TPSA) is 20.2 Å². The van der Waals surface area contributed by atoms with Gasteiger partial charge in [-0.15, -0.1) is 0 Å². The fraction of sp³-hybridized carbons (Fsp3) is 1.00. The monoisotopic (exact) mass is 136 g/mol. The Morgan fingerprint density at radius 1 is 1.44 bits per heavy atom. The van der Waals surface area contributed by atoms with Gasteiger partial charge in [-0.25, -0.2) is 0 Å². The molecule has 0 aromatic carbocycles. The Balaban J connectivity index is 0. The van der Waals surface area contributed by atoms with Gasteiger partial charge in [0.1, 0.15) is 0 Å². The highest BCUT2D eigenvalue weighted by Crippen LogP contribution is 1.89. The predicted octanol–water partition coefficient (Wildman–Crippen LogP) is 2.00. The third-order valence-corrected chi connectivity index (χ3v) is 0.575. The number of alkyl halides is 1. The molecule has 9 heavy (non-hydrogen) atoms. The first-order chi connectivity index (χ1) is 4.22. The maximum atomic E-state index is 11.2. The van der Waals surface area contributed by atoms with Crippen molar-refractivity contribution < 1.29 is 9.50 Å². The quantitative estimate of drug-likeness (QED) is 0.615. The summed E-state index contributed by atoms with van der Waals surface area (Å²) in [7, 11) is 0. The molecule has 0 aliphatic carbocycles. The van der Waals surface area contributed by atoms with Crippen molar-refractivity contribution in [3.8, 4) is 0 Å². The van der Waals surface area contributed by atoms with Gasteiger partial charge in [-0.3, -0.25) is 4.39 Å². The van der Waals surface area contributed by atoms with Crippen molar-refractivity contribution in [3.63, 3.8) is 0 Å². The summed E-state index contributed by atoms with van der Waals surface area (Å²) in [5.74, 6) is -0.176. The molecule has 0 saturated carbocycles. The van der Waals surface area contributed by atoms with E-state index >= 15 is 0 Å². The van der Waals surface area contributed by atoms with Crippen LogP contribution in [0.25, 0.3) is 0 Å². The Morgan fingerprint density at radius 2 is 1.78 bits per heavy atom. The van der Waals surface area contributed by atoms with Crippen LogP contribution in [-0.4, -0.2) is 18.4 Å². The molecule has 0 aromatic rings. The summed E-state index contributed by atoms with van der Waals surface area (Å²) in [6, 6.07) is 0. The maximum absolute atomic E-state index is 11.2. The van der Waals surface area contributed by atoms with Crippen LogP contribution in [0.3, 0.4) is 0 Å². The van der Waals surface area contributed by atoms with Gasteiger partial charge in [-0.05, 0) is 0 Å². The van der Waals surface area contributed by atoms with Gasteiger partial charge in [0.2, 0.25) is 0 Å². The van der Waals surface area contributed by atoms with Crippen LogP contribution in [0.5, 0.6) is 0 Å². The third-order valence-electron chi connectivity index (χ3n) is 0.575. The van der Waals surface area contributed by atoms with E-state index in [0.717, 1.165) is 0 Å². The smallest absolute Gasteiger partial charge is 0.0941 e. The van der Waals surface area contributed by atoms with Gasteiger partial charge in [0.15, 0.2) is 0 Å². The van der Waals surface area contributed by atoms with E-state index in [2.05, 4.69) is 13.8 Å². The lowest BCUT2D eigenvalue weighted by Crippen LogP contribution is -2.00. The Morgan fingerprint density at radius 3 is 1.78 bits per heavy atom. The zero-order valence-corrected chi connectivity index (χ0v) is 6.52. The van der Waals surface area contributed by atoms with Crippen LogP contribution >= 0.6 is 0 Å². The van der Waals surface area contributed by atoms with Crippen molar-refractivity contribution >= 4 is 0 Å². The molecular weight excluding hydrogens is 119 g/mol. The average Bonchev–Trinajstić information content (AvgIpc) is 1.88. The molecular formula is C7H17FO. The first-order valence-electron chi connectivity index (χ1n) is 3.39. The minimum atomic E-state index is -0.420. The summed E-state index contributed by atoms with van der Waals surface area (Å²) in [6.45, 7) is 5.44. The normalized spacial score (nSPS) is 11.7. The summed E-state index contributed by atoms with van der Waals surface area (Å²) in [5.41, 5.74) is 0. The molecule has 0 fully saturated rings. The first kappa shape index (κ1) is 11.7. The summed E-state index contributed by atoms with van der Waals surface area (Å²) in [6.07, 6.45) is 1.25. The van der Waals surface area contributed by atoms with Gasteiger partial charge in [0.05, 0.1) is 6.67 Å². The summed E-state index contributed by atoms with van der Waals surface area (Å²) in [5, 5.41) is 8.09. The zero-order valence-electron chi connectivity index (χ0n) is 6.52. The fourth-order valence-corrected chi connectivity index (χ4v) is 0.0488. The summed E-state index contributed by atoms with van der Waals surface area (Å²) < 4.78 is 11.2. The number of aliphatic hydroxyl groups is 1. The number of halogens is 1. The molecule has 0 aliphatic heterocycles. The van der Waals surface area contributed by atoms with Crippen molar-refractivity contribution in [1.29, 1.82) is 0 Å². The Labute approximate surface area is 56.9 Å². The van der Waals surface area contributed by atoms with Crippen LogP contribution in [0.4, 0.5) is 4.39 Å². The third kappa shape index (κ3) is 18.1. The Hall–Kier alpha value is -0.110. The van der Waals surface area contributed by atoms with Crippen LogP contribution in [-0.2, 0) is 0 Å². The average molecular weight is 136 g/mol. The van der Waals surface area contributed by atoms with Gasteiger partial charge >= 0.3 is 0 Å². The molecule has 0 amide bonds. The Kier molecular flexibility index (Phi) is 14.0. The van der Waals surface area contributed by atoms with Crippen LogP contribution in [0.15, 0.2) is 0 Å². The van der Waals surface area contributed by atoms with Gasteiger partial charge in [0.25, 0.3) is 0 Å². The van der Waals surface area contributed by atoms with E-state index in [1.54, 1.807) is 6.92 Å². The molecule has 0 aliphatic rings. The standard InChI is InChI=1S/C4H9FO.C3H8/c1-4(2-5)3-6;1-3-2/h4,6H,2-3H2,1H3;3H2,1-2H3/t4-;/m1./s1. The fourth-order valence-electron chi connectivity index (χ4n) is 0.0488. The maximum Gasteiger partial charge on any atom is 0.0941 e. The van der Waals surface area contributed by atoms with Gasteiger partial charge in [-0.1, -0.05) is 27.2 Å². The molecule has 0 heterocycles. The minimum absolute atomic E-state index is 0.0451. The molecule has 0 saturated heterocycles. The highest BCUT2D eigenvalue weighted by Gasteiger charge is 1.93. The van der Waals surface area contributed by atoms with Gasteiger partial charge in [-0.2, -0.15) is 0 Å². The second kappa shape index (κ2) is 10.8. The van der Waals surface area contributed by atoms with Crippen molar-refractivity contribution in [3.05, 3.63) is 0 Å². The second-order valence-corrected chi connectivity index (χ2v) is 2.15. The largest absolute Gasteiger partial charge is 0.396 e. The minimum Gasteiger partial charge on any atom is -0.396 e. The molecule has 2 heteroatoms. The van der Waals surface area contributed by atoms with Gasteiger partial charge in [0, 0.05) is 12.5 Å². The molecule has 0 bridgehead atoms. The lowest BCUT2D eigenvalue weighted by Gasteiger charge is -1.95. The summed E-state index contributed by atoms with van der Waals surface area (Å²) >= 11 is 0. The zero-order chi connectivity index (χ0) is 7.70. The number of hydrogen-bond donors (Lipinski definition) is 1. The van der Waals surface area contributed by atoms with Crippen molar-refractivity contribution in [1.82, 2.24) is 0 Å². The lowest BCUT2D eigenvalue weighted by molar-refractivity contribution is 0.210. The molecule has 0 rings (SSSR count). The number of rotatable bonds is 2. The lowest BCUT2D eigenvalue weighted by atomic mass is 10.2. The van der Waals surface area contributed by atoms with Crippen LogP contribution in [0.1, 0.15) is 27.2 Å². The van der Waals surface area contributed by atoms with Crippen LogP contribution in [0.2, 0.25) is 0 Å². The van der Waals surface area contributed by atoms with E-state index in [-0.39, 0.29) is 12.5 Å². The van der Waals surface area contributed by atoms with E-state index in [0.29, 0.717) is 0 Å². The number of hydrogen-bond acceptors (Lipinski definition) is 1. The molecule has 0 aromatic heterocycles. The summed E-state index contributed by atoms with van der Waals surface area (Å²) in [4.78, 5) is 0.